The van der Waals surface area contributed by atoms with Crippen molar-refractivity contribution in [2.45, 2.75) is 94.8 Å². The first-order chi connectivity index (χ1) is 33.5. The van der Waals surface area contributed by atoms with Gasteiger partial charge < -0.3 is 45.9 Å². The largest absolute Gasteiger partial charge is 0.480 e. The molecule has 2 saturated heterocycles. The van der Waals surface area contributed by atoms with Gasteiger partial charge in [-0.05, 0) is 81.7 Å². The highest BCUT2D eigenvalue weighted by atomic mass is 32.1. The highest BCUT2D eigenvalue weighted by Crippen LogP contribution is 2.37. The van der Waals surface area contributed by atoms with Crippen LogP contribution < -0.4 is 36.2 Å². The molecule has 3 aliphatic rings. The SMILES string of the molecule is CN[C@@H](C)C(=O)NC(C(=O)N1CCC[C@H]1C(=O)N[C@H](C(=O)NCCCCNC(=O)COc1c(-c2csc(N3CCOCC3)n2)ccc(F)c1F)C(c1ccccc1)c1ccccc1)C1CCCCC1. The number of hydrogen-bond donors (Lipinski definition) is 5. The molecule has 3 fully saturated rings. The number of ether oxygens (including phenoxy) is 2. The van der Waals surface area contributed by atoms with Crippen LogP contribution in [0.3, 0.4) is 0 Å². The molecule has 0 radical (unpaired) electrons. The van der Waals surface area contributed by atoms with E-state index in [1.54, 1.807) is 24.3 Å². The molecule has 7 rings (SSSR count). The maximum Gasteiger partial charge on any atom is 0.257 e. The Morgan fingerprint density at radius 3 is 2.14 bits per heavy atom. The van der Waals surface area contributed by atoms with E-state index in [1.165, 1.54) is 17.4 Å². The molecule has 0 spiro atoms. The van der Waals surface area contributed by atoms with Gasteiger partial charge in [0.2, 0.25) is 29.4 Å². The Labute approximate surface area is 406 Å². The first-order valence-corrected chi connectivity index (χ1v) is 25.0. The van der Waals surface area contributed by atoms with Crippen LogP contribution >= 0.6 is 11.3 Å². The zero-order valence-electron chi connectivity index (χ0n) is 39.4. The van der Waals surface area contributed by atoms with Crippen LogP contribution in [0.15, 0.2) is 78.2 Å². The summed E-state index contributed by atoms with van der Waals surface area (Å²) in [6, 6.07) is 18.1. The Morgan fingerprint density at radius 1 is 0.812 bits per heavy atom. The van der Waals surface area contributed by atoms with Crippen molar-refractivity contribution >= 4 is 46.0 Å². The number of nitrogens with one attached hydrogen (secondary N) is 5. The quantitative estimate of drug-likeness (QED) is 0.0688. The predicted molar refractivity (Wildman–Crippen MR) is 260 cm³/mol. The van der Waals surface area contributed by atoms with Crippen molar-refractivity contribution in [1.29, 1.82) is 0 Å². The maximum absolute atomic E-state index is 15.1. The third-order valence-electron chi connectivity index (χ3n) is 13.3. The Kier molecular flexibility index (Phi) is 18.5. The van der Waals surface area contributed by atoms with Gasteiger partial charge in [0.1, 0.15) is 18.1 Å². The van der Waals surface area contributed by atoms with Crippen molar-refractivity contribution in [3.8, 4) is 17.0 Å². The molecule has 370 valence electrons. The van der Waals surface area contributed by atoms with Crippen LogP contribution in [0.5, 0.6) is 5.75 Å². The van der Waals surface area contributed by atoms with Crippen LogP contribution in [0, 0.1) is 17.6 Å². The van der Waals surface area contributed by atoms with Gasteiger partial charge in [0.05, 0.1) is 24.9 Å². The molecule has 1 unspecified atom stereocenters. The molecule has 69 heavy (non-hydrogen) atoms. The van der Waals surface area contributed by atoms with Crippen molar-refractivity contribution in [2.24, 2.45) is 5.92 Å². The molecule has 4 aromatic rings. The highest BCUT2D eigenvalue weighted by molar-refractivity contribution is 7.14. The number of carbonyl (C=O) groups is 5. The smallest absolute Gasteiger partial charge is 0.257 e. The van der Waals surface area contributed by atoms with Crippen LogP contribution in [0.1, 0.15) is 81.8 Å². The zero-order chi connectivity index (χ0) is 48.7. The number of nitrogens with zero attached hydrogens (tertiary/aromatic N) is 3. The van der Waals surface area contributed by atoms with Crippen molar-refractivity contribution < 1.29 is 42.2 Å². The molecule has 1 aromatic heterocycles. The third-order valence-corrected chi connectivity index (χ3v) is 14.2. The molecule has 0 bridgehead atoms. The van der Waals surface area contributed by atoms with Crippen LogP contribution in [-0.4, -0.2) is 123 Å². The molecular formula is C51H64F2N8O7S. The summed E-state index contributed by atoms with van der Waals surface area (Å²) in [7, 11) is 1.69. The average Bonchev–Trinajstić information content (AvgIpc) is 4.09. The summed E-state index contributed by atoms with van der Waals surface area (Å²) in [4.78, 5) is 77.8. The summed E-state index contributed by atoms with van der Waals surface area (Å²) < 4.78 is 40.5. The lowest BCUT2D eigenvalue weighted by atomic mass is 9.83. The second-order valence-electron chi connectivity index (χ2n) is 17.9. The monoisotopic (exact) mass is 970 g/mol. The number of amides is 5. The van der Waals surface area contributed by atoms with Gasteiger partial charge in [-0.1, -0.05) is 79.9 Å². The average molecular weight is 971 g/mol. The van der Waals surface area contributed by atoms with E-state index in [-0.39, 0.29) is 36.4 Å². The normalized spacial score (nSPS) is 17.7. The fourth-order valence-electron chi connectivity index (χ4n) is 9.34. The number of anilines is 1. The number of morpholine rings is 1. The van der Waals surface area contributed by atoms with Crippen LogP contribution in [0.4, 0.5) is 13.9 Å². The van der Waals surface area contributed by atoms with Gasteiger partial charge in [-0.2, -0.15) is 4.39 Å². The van der Waals surface area contributed by atoms with Crippen molar-refractivity contribution in [1.82, 2.24) is 36.5 Å². The number of thiazole rings is 1. The summed E-state index contributed by atoms with van der Waals surface area (Å²) in [5.41, 5.74) is 2.24. The number of benzene rings is 3. The van der Waals surface area contributed by atoms with E-state index in [9.17, 15) is 28.4 Å². The van der Waals surface area contributed by atoms with E-state index in [0.717, 1.165) is 54.4 Å². The summed E-state index contributed by atoms with van der Waals surface area (Å²) in [5.74, 6) is -5.35. The zero-order valence-corrected chi connectivity index (χ0v) is 40.2. The minimum absolute atomic E-state index is 0.0494. The third kappa shape index (κ3) is 13.2. The van der Waals surface area contributed by atoms with Gasteiger partial charge in [-0.15, -0.1) is 11.3 Å². The standard InChI is InChI=1S/C51H64F2N8O7S/c1-33(54-2)47(63)58-44(36-19-10-5-11-20-36)50(66)61-26-14-21-40(61)48(64)59-45(42(34-15-6-3-7-16-34)35-17-8-4-9-18-35)49(65)56-25-13-12-24-55-41(62)31-68-46-37(22-23-38(52)43(46)53)39-32-69-51(57-39)60-27-29-67-30-28-60/h3-4,6-9,15-18,22-23,32-33,36,40,42,44-45,54H,5,10-14,19-21,24-31H2,1-2H3,(H,55,62)(H,56,65)(H,58,63)(H,59,64)/t33-,40-,44?,45-/m0/s1. The van der Waals surface area contributed by atoms with Crippen molar-refractivity contribution in [3.05, 3.63) is 101 Å². The van der Waals surface area contributed by atoms with E-state index < -0.39 is 71.8 Å². The number of halogens is 2. The maximum atomic E-state index is 15.1. The molecule has 2 aliphatic heterocycles. The molecule has 15 nitrogen and oxygen atoms in total. The van der Waals surface area contributed by atoms with E-state index in [0.29, 0.717) is 64.2 Å². The second-order valence-corrected chi connectivity index (χ2v) is 18.7. The number of likely N-dealkylation sites (N-methyl/N-ethyl adjacent to an activating group) is 1. The molecule has 4 atom stereocenters. The lowest BCUT2D eigenvalue weighted by Crippen LogP contribution is -2.59. The van der Waals surface area contributed by atoms with Gasteiger partial charge in [-0.3, -0.25) is 24.0 Å². The lowest BCUT2D eigenvalue weighted by Gasteiger charge is -2.36. The van der Waals surface area contributed by atoms with Gasteiger partial charge >= 0.3 is 0 Å². The molecule has 1 aliphatic carbocycles. The number of unbranched alkanes of at least 4 members (excludes halogenated alkanes) is 1. The number of hydrogen-bond acceptors (Lipinski definition) is 11. The van der Waals surface area contributed by atoms with E-state index in [4.69, 9.17) is 9.47 Å². The fourth-order valence-corrected chi connectivity index (χ4v) is 10.2. The van der Waals surface area contributed by atoms with Crippen molar-refractivity contribution in [3.63, 3.8) is 0 Å². The van der Waals surface area contributed by atoms with Gasteiger partial charge in [0.15, 0.2) is 23.3 Å². The van der Waals surface area contributed by atoms with Crippen LogP contribution in [0.2, 0.25) is 0 Å². The fraction of sp³-hybridized carbons (Fsp3) is 0.490. The molecule has 5 amide bonds. The Bertz CT molecular complexity index is 2310. The van der Waals surface area contributed by atoms with E-state index >= 15 is 4.39 Å². The first-order valence-electron chi connectivity index (χ1n) is 24.2. The minimum Gasteiger partial charge on any atom is -0.480 e. The number of likely N-dealkylation sites (tertiary alicyclic amines) is 1. The Hall–Kier alpha value is -5.98. The molecule has 18 heteroatoms. The summed E-state index contributed by atoms with van der Waals surface area (Å²) >= 11 is 1.37. The summed E-state index contributed by atoms with van der Waals surface area (Å²) in [5, 5.41) is 17.3. The van der Waals surface area contributed by atoms with Gasteiger partial charge in [0.25, 0.3) is 5.91 Å². The van der Waals surface area contributed by atoms with E-state index in [2.05, 4.69) is 36.5 Å². The Morgan fingerprint density at radius 2 is 1.48 bits per heavy atom. The topological polar surface area (TPSA) is 183 Å². The predicted octanol–water partition coefficient (Wildman–Crippen LogP) is 5.30. The van der Waals surface area contributed by atoms with E-state index in [1.807, 2.05) is 60.7 Å². The number of carbonyl (C=O) groups excluding carboxylic acids is 5. The molecular weight excluding hydrogens is 907 g/mol. The number of aromatic nitrogens is 1. The van der Waals surface area contributed by atoms with Gasteiger partial charge in [0, 0.05) is 49.6 Å². The summed E-state index contributed by atoms with van der Waals surface area (Å²) in [6.45, 7) is 4.40. The highest BCUT2D eigenvalue weighted by Gasteiger charge is 2.43. The van der Waals surface area contributed by atoms with Crippen LogP contribution in [-0.2, 0) is 28.7 Å². The summed E-state index contributed by atoms with van der Waals surface area (Å²) in [6.07, 6.45) is 6.51. The van der Waals surface area contributed by atoms with Crippen LogP contribution in [0.25, 0.3) is 11.3 Å². The molecule has 5 N–H and O–H groups in total. The van der Waals surface area contributed by atoms with Gasteiger partial charge in [-0.25, -0.2) is 9.37 Å². The molecule has 3 heterocycles. The minimum atomic E-state index is -1.22. The Balaban J connectivity index is 0.978. The number of rotatable bonds is 21. The first kappa shape index (κ1) is 50.9. The second kappa shape index (κ2) is 25.0. The van der Waals surface area contributed by atoms with Crippen molar-refractivity contribution in [2.75, 3.05) is 64.5 Å². The lowest BCUT2D eigenvalue weighted by molar-refractivity contribution is -0.143. The molecule has 3 aromatic carbocycles. The molecule has 1 saturated carbocycles.